The van der Waals surface area contributed by atoms with E-state index in [1.54, 1.807) is 30.3 Å². The number of para-hydroxylation sites is 1. The third-order valence-corrected chi connectivity index (χ3v) is 3.36. The van der Waals surface area contributed by atoms with Crippen LogP contribution in [0.1, 0.15) is 11.1 Å². The van der Waals surface area contributed by atoms with E-state index in [1.165, 1.54) is 13.2 Å². The van der Waals surface area contributed by atoms with Gasteiger partial charge in [0.05, 0.1) is 7.11 Å². The molecule has 0 spiro atoms. The van der Waals surface area contributed by atoms with Gasteiger partial charge < -0.3 is 24.8 Å². The number of hydrogen-bond donors (Lipinski definition) is 3. The van der Waals surface area contributed by atoms with Crippen molar-refractivity contribution in [3.8, 4) is 28.7 Å². The maximum atomic E-state index is 10.1. The zero-order valence-electron chi connectivity index (χ0n) is 11.3. The smallest absolute Gasteiger partial charge is 0.201 e. The van der Waals surface area contributed by atoms with Crippen LogP contribution in [0.3, 0.4) is 0 Å². The third-order valence-electron chi connectivity index (χ3n) is 3.36. The number of phenolic OH excluding ortho intramolecular Hbond substituents is 3. The molecule has 2 aromatic rings. The summed E-state index contributed by atoms with van der Waals surface area (Å²) < 4.78 is 10.6. The quantitative estimate of drug-likeness (QED) is 0.740. The van der Waals surface area contributed by atoms with Crippen LogP contribution in [0.5, 0.6) is 28.7 Å². The van der Waals surface area contributed by atoms with Gasteiger partial charge in [0.1, 0.15) is 5.76 Å². The number of fused-ring (bicyclic) bond motifs is 1. The lowest BCUT2D eigenvalue weighted by atomic mass is 10.1. The second-order valence-electron chi connectivity index (χ2n) is 4.71. The molecule has 3 N–H and O–H groups in total. The Morgan fingerprint density at radius 3 is 2.67 bits per heavy atom. The van der Waals surface area contributed by atoms with Gasteiger partial charge >= 0.3 is 0 Å². The van der Waals surface area contributed by atoms with Crippen molar-refractivity contribution in [3.63, 3.8) is 0 Å². The van der Waals surface area contributed by atoms with Gasteiger partial charge in [0.15, 0.2) is 23.0 Å². The molecule has 3 rings (SSSR count). The normalized spacial score (nSPS) is 14.8. The second kappa shape index (κ2) is 4.94. The average Bonchev–Trinajstić information content (AvgIpc) is 2.89. The van der Waals surface area contributed by atoms with Gasteiger partial charge in [-0.3, -0.25) is 0 Å². The molecule has 0 saturated carbocycles. The first-order valence-electron chi connectivity index (χ1n) is 6.38. The van der Waals surface area contributed by atoms with Crippen LogP contribution in [0.4, 0.5) is 0 Å². The van der Waals surface area contributed by atoms with Gasteiger partial charge in [-0.1, -0.05) is 18.2 Å². The summed E-state index contributed by atoms with van der Waals surface area (Å²) in [7, 11) is 1.48. The number of hydrogen-bond acceptors (Lipinski definition) is 5. The summed E-state index contributed by atoms with van der Waals surface area (Å²) in [5, 5.41) is 29.3. The number of rotatable bonds is 2. The number of phenols is 3. The standard InChI is InChI=1S/C16H14O5/c1-20-13-4-2-3-9(14(13)18)7-11-8-10-5-6-12(17)15(19)16(10)21-11/h2-7,17-19H,8H2,1H3. The summed E-state index contributed by atoms with van der Waals surface area (Å²) in [6, 6.07) is 8.26. The van der Waals surface area contributed by atoms with Crippen molar-refractivity contribution < 1.29 is 24.8 Å². The van der Waals surface area contributed by atoms with Crippen LogP contribution in [0.2, 0.25) is 0 Å². The first-order valence-corrected chi connectivity index (χ1v) is 6.38. The SMILES string of the molecule is COc1cccc(C=C2Cc3ccc(O)c(O)c3O2)c1O. The molecule has 0 amide bonds. The van der Waals surface area contributed by atoms with Crippen molar-refractivity contribution in [2.24, 2.45) is 0 Å². The van der Waals surface area contributed by atoms with Gasteiger partial charge in [0.25, 0.3) is 0 Å². The Morgan fingerprint density at radius 1 is 1.10 bits per heavy atom. The highest BCUT2D eigenvalue weighted by Crippen LogP contribution is 2.44. The fourth-order valence-electron chi connectivity index (χ4n) is 2.28. The summed E-state index contributed by atoms with van der Waals surface area (Å²) in [6.45, 7) is 0. The molecule has 1 heterocycles. The number of allylic oxidation sites excluding steroid dienone is 1. The van der Waals surface area contributed by atoms with Crippen LogP contribution in [-0.4, -0.2) is 22.4 Å². The minimum Gasteiger partial charge on any atom is -0.504 e. The molecular weight excluding hydrogens is 272 g/mol. The lowest BCUT2D eigenvalue weighted by Crippen LogP contribution is -1.90. The molecule has 21 heavy (non-hydrogen) atoms. The van der Waals surface area contributed by atoms with Crippen LogP contribution in [0.15, 0.2) is 36.1 Å². The van der Waals surface area contributed by atoms with Crippen molar-refractivity contribution in [2.75, 3.05) is 7.11 Å². The monoisotopic (exact) mass is 286 g/mol. The van der Waals surface area contributed by atoms with Crippen LogP contribution in [0.25, 0.3) is 6.08 Å². The van der Waals surface area contributed by atoms with E-state index < -0.39 is 0 Å². The summed E-state index contributed by atoms with van der Waals surface area (Å²) in [5.74, 6) is 0.725. The molecule has 108 valence electrons. The fraction of sp³-hybridized carbons (Fsp3) is 0.125. The summed E-state index contributed by atoms with van der Waals surface area (Å²) in [6.07, 6.45) is 2.15. The van der Waals surface area contributed by atoms with Gasteiger partial charge in [-0.2, -0.15) is 0 Å². The number of ether oxygens (including phenoxy) is 2. The molecule has 2 aromatic carbocycles. The van der Waals surface area contributed by atoms with Gasteiger partial charge in [-0.25, -0.2) is 0 Å². The van der Waals surface area contributed by atoms with E-state index in [0.717, 1.165) is 5.56 Å². The van der Waals surface area contributed by atoms with E-state index in [2.05, 4.69) is 0 Å². The summed E-state index contributed by atoms with van der Waals surface area (Å²) >= 11 is 0. The summed E-state index contributed by atoms with van der Waals surface area (Å²) in [4.78, 5) is 0. The van der Waals surface area contributed by atoms with Crippen molar-refractivity contribution in [2.45, 2.75) is 6.42 Å². The molecular formula is C16H14O5. The number of benzene rings is 2. The lowest BCUT2D eigenvalue weighted by Gasteiger charge is -2.06. The highest BCUT2D eigenvalue weighted by Gasteiger charge is 2.23. The highest BCUT2D eigenvalue weighted by atomic mass is 16.5. The maximum absolute atomic E-state index is 10.1. The van der Waals surface area contributed by atoms with Gasteiger partial charge in [-0.15, -0.1) is 0 Å². The van der Waals surface area contributed by atoms with Crippen molar-refractivity contribution in [1.29, 1.82) is 0 Å². The Balaban J connectivity index is 1.96. The average molecular weight is 286 g/mol. The molecule has 1 aliphatic heterocycles. The molecule has 0 fully saturated rings. The topological polar surface area (TPSA) is 79.2 Å². The third kappa shape index (κ3) is 2.23. The maximum Gasteiger partial charge on any atom is 0.201 e. The molecule has 0 aromatic heterocycles. The molecule has 0 aliphatic carbocycles. The predicted octanol–water partition coefficient (Wildman–Crippen LogP) is 2.79. The Hall–Kier alpha value is -2.82. The Morgan fingerprint density at radius 2 is 1.90 bits per heavy atom. The molecule has 0 radical (unpaired) electrons. The Kier molecular flexibility index (Phi) is 3.10. The molecule has 5 nitrogen and oxygen atoms in total. The largest absolute Gasteiger partial charge is 0.504 e. The minimum atomic E-state index is -0.272. The van der Waals surface area contributed by atoms with Crippen LogP contribution >= 0.6 is 0 Å². The Bertz CT molecular complexity index is 734. The number of aromatic hydroxyl groups is 3. The van der Waals surface area contributed by atoms with E-state index in [0.29, 0.717) is 23.5 Å². The van der Waals surface area contributed by atoms with Crippen molar-refractivity contribution in [3.05, 3.63) is 47.2 Å². The minimum absolute atomic E-state index is 0.0270. The van der Waals surface area contributed by atoms with Gasteiger partial charge in [-0.05, 0) is 18.2 Å². The first kappa shape index (κ1) is 13.2. The van der Waals surface area contributed by atoms with E-state index in [4.69, 9.17) is 9.47 Å². The molecule has 1 aliphatic rings. The molecule has 0 unspecified atom stereocenters. The molecule has 0 bridgehead atoms. The van der Waals surface area contributed by atoms with Crippen molar-refractivity contribution in [1.82, 2.24) is 0 Å². The molecule has 5 heteroatoms. The Labute approximate surface area is 121 Å². The van der Waals surface area contributed by atoms with E-state index in [9.17, 15) is 15.3 Å². The van der Waals surface area contributed by atoms with Crippen molar-refractivity contribution >= 4 is 6.08 Å². The second-order valence-corrected chi connectivity index (χ2v) is 4.71. The van der Waals surface area contributed by atoms with E-state index >= 15 is 0 Å². The van der Waals surface area contributed by atoms with Crippen LogP contribution in [0, 0.1) is 0 Å². The predicted molar refractivity (Wildman–Crippen MR) is 76.7 cm³/mol. The molecule has 0 atom stereocenters. The lowest BCUT2D eigenvalue weighted by molar-refractivity contribution is 0.367. The summed E-state index contributed by atoms with van der Waals surface area (Å²) in [5.41, 5.74) is 1.33. The van der Waals surface area contributed by atoms with Gasteiger partial charge in [0, 0.05) is 17.5 Å². The van der Waals surface area contributed by atoms with Crippen LogP contribution in [-0.2, 0) is 6.42 Å². The fourth-order valence-corrected chi connectivity index (χ4v) is 2.28. The molecule has 0 saturated heterocycles. The zero-order chi connectivity index (χ0) is 15.0. The first-order chi connectivity index (χ1) is 10.1. The zero-order valence-corrected chi connectivity index (χ0v) is 11.3. The van der Waals surface area contributed by atoms with Gasteiger partial charge in [0.2, 0.25) is 5.75 Å². The van der Waals surface area contributed by atoms with Crippen LogP contribution < -0.4 is 9.47 Å². The number of methoxy groups -OCH3 is 1. The highest BCUT2D eigenvalue weighted by molar-refractivity contribution is 5.66. The van der Waals surface area contributed by atoms with E-state index in [-0.39, 0.29) is 23.0 Å². The van der Waals surface area contributed by atoms with E-state index in [1.807, 2.05) is 0 Å².